The molecule has 1 atom stereocenters. The standard InChI is InChI=1S/C15H33N5S/c1-7-16-14(18-12-15(2,3)21-6)17-10-13-11-19(4)8-9-20(13)5/h13H,7-12H2,1-6H3,(H2,16,17,18). The molecule has 0 spiro atoms. The SMILES string of the molecule is CCNC(=NCC(C)(C)SC)NCC1CN(C)CCN1C. The molecule has 1 saturated heterocycles. The molecule has 5 nitrogen and oxygen atoms in total. The molecule has 1 aliphatic heterocycles. The molecule has 0 saturated carbocycles. The summed E-state index contributed by atoms with van der Waals surface area (Å²) in [6.45, 7) is 12.6. The van der Waals surface area contributed by atoms with E-state index < -0.39 is 0 Å². The molecule has 0 aromatic carbocycles. The van der Waals surface area contributed by atoms with Crippen molar-refractivity contribution in [1.82, 2.24) is 20.4 Å². The molecule has 0 amide bonds. The van der Waals surface area contributed by atoms with E-state index in [1.807, 2.05) is 11.8 Å². The van der Waals surface area contributed by atoms with Gasteiger partial charge in [-0.3, -0.25) is 9.89 Å². The van der Waals surface area contributed by atoms with Gasteiger partial charge in [0.25, 0.3) is 0 Å². The zero-order valence-electron chi connectivity index (χ0n) is 14.6. The van der Waals surface area contributed by atoms with Crippen LogP contribution in [0.5, 0.6) is 0 Å². The second-order valence-corrected chi connectivity index (χ2v) is 7.95. The first-order valence-corrected chi connectivity index (χ1v) is 9.06. The van der Waals surface area contributed by atoms with Crippen LogP contribution in [0.2, 0.25) is 0 Å². The first-order chi connectivity index (χ1) is 9.88. The Morgan fingerprint density at radius 1 is 1.29 bits per heavy atom. The highest BCUT2D eigenvalue weighted by atomic mass is 32.2. The number of guanidine groups is 1. The second kappa shape index (κ2) is 8.86. The number of nitrogens with one attached hydrogen (secondary N) is 2. The van der Waals surface area contributed by atoms with E-state index in [1.165, 1.54) is 0 Å². The van der Waals surface area contributed by atoms with Crippen LogP contribution in [0.15, 0.2) is 4.99 Å². The number of likely N-dealkylation sites (N-methyl/N-ethyl adjacent to an activating group) is 2. The molecule has 124 valence electrons. The van der Waals surface area contributed by atoms with Crippen LogP contribution in [0, 0.1) is 0 Å². The lowest BCUT2D eigenvalue weighted by molar-refractivity contribution is 0.116. The van der Waals surface area contributed by atoms with Gasteiger partial charge >= 0.3 is 0 Å². The van der Waals surface area contributed by atoms with Gasteiger partial charge in [0, 0.05) is 43.5 Å². The maximum Gasteiger partial charge on any atom is 0.191 e. The van der Waals surface area contributed by atoms with Gasteiger partial charge in [0.1, 0.15) is 0 Å². The van der Waals surface area contributed by atoms with E-state index in [0.29, 0.717) is 6.04 Å². The van der Waals surface area contributed by atoms with E-state index in [0.717, 1.165) is 45.2 Å². The summed E-state index contributed by atoms with van der Waals surface area (Å²) >= 11 is 1.86. The Kier molecular flexibility index (Phi) is 7.84. The fourth-order valence-electron chi connectivity index (χ4n) is 2.21. The summed E-state index contributed by atoms with van der Waals surface area (Å²) < 4.78 is 0.185. The summed E-state index contributed by atoms with van der Waals surface area (Å²) in [4.78, 5) is 9.55. The van der Waals surface area contributed by atoms with E-state index in [2.05, 4.69) is 61.6 Å². The molecular weight excluding hydrogens is 282 g/mol. The van der Waals surface area contributed by atoms with Crippen LogP contribution < -0.4 is 10.6 Å². The average Bonchev–Trinajstić information content (AvgIpc) is 2.45. The molecule has 1 fully saturated rings. The van der Waals surface area contributed by atoms with Gasteiger partial charge in [0.05, 0.1) is 6.54 Å². The van der Waals surface area contributed by atoms with Crippen molar-refractivity contribution < 1.29 is 0 Å². The lowest BCUT2D eigenvalue weighted by Crippen LogP contribution is -2.55. The van der Waals surface area contributed by atoms with Crippen molar-refractivity contribution in [3.05, 3.63) is 0 Å². The lowest BCUT2D eigenvalue weighted by atomic mass is 10.2. The molecule has 6 heteroatoms. The molecule has 2 N–H and O–H groups in total. The zero-order chi connectivity index (χ0) is 15.9. The Balaban J connectivity index is 2.52. The number of rotatable bonds is 6. The van der Waals surface area contributed by atoms with Gasteiger partial charge < -0.3 is 15.5 Å². The van der Waals surface area contributed by atoms with Crippen molar-refractivity contribution in [1.29, 1.82) is 0 Å². The van der Waals surface area contributed by atoms with Crippen LogP contribution in [-0.4, -0.2) is 86.2 Å². The third kappa shape index (κ3) is 6.89. The van der Waals surface area contributed by atoms with E-state index in [4.69, 9.17) is 4.99 Å². The van der Waals surface area contributed by atoms with Crippen molar-refractivity contribution in [3.63, 3.8) is 0 Å². The van der Waals surface area contributed by atoms with E-state index in [1.54, 1.807) is 0 Å². The van der Waals surface area contributed by atoms with Gasteiger partial charge in [-0.1, -0.05) is 0 Å². The largest absolute Gasteiger partial charge is 0.357 e. The Labute approximate surface area is 134 Å². The van der Waals surface area contributed by atoms with Crippen LogP contribution in [0.4, 0.5) is 0 Å². The zero-order valence-corrected chi connectivity index (χ0v) is 15.4. The molecule has 21 heavy (non-hydrogen) atoms. The van der Waals surface area contributed by atoms with Gasteiger partial charge in [0.2, 0.25) is 0 Å². The fourth-order valence-corrected chi connectivity index (χ4v) is 2.41. The molecule has 0 aromatic rings. The van der Waals surface area contributed by atoms with Crippen molar-refractivity contribution in [3.8, 4) is 0 Å². The predicted octanol–water partition coefficient (Wildman–Crippen LogP) is 0.929. The highest BCUT2D eigenvalue weighted by molar-refractivity contribution is 7.99. The molecule has 1 rings (SSSR count). The second-order valence-electron chi connectivity index (χ2n) is 6.44. The monoisotopic (exact) mass is 315 g/mol. The molecule has 1 heterocycles. The highest BCUT2D eigenvalue weighted by Gasteiger charge is 2.22. The minimum absolute atomic E-state index is 0.185. The first kappa shape index (κ1) is 18.6. The normalized spacial score (nSPS) is 22.4. The number of nitrogens with zero attached hydrogens (tertiary/aromatic N) is 3. The Bertz CT molecular complexity index is 332. The quantitative estimate of drug-likeness (QED) is 0.564. The maximum absolute atomic E-state index is 4.73. The van der Waals surface area contributed by atoms with Crippen LogP contribution in [0.1, 0.15) is 20.8 Å². The number of hydrogen-bond donors (Lipinski definition) is 2. The van der Waals surface area contributed by atoms with Crippen molar-refractivity contribution in [2.45, 2.75) is 31.6 Å². The lowest BCUT2D eigenvalue weighted by Gasteiger charge is -2.38. The third-order valence-electron chi connectivity index (χ3n) is 4.00. The smallest absolute Gasteiger partial charge is 0.191 e. The summed E-state index contributed by atoms with van der Waals surface area (Å²) in [5, 5.41) is 6.84. The van der Waals surface area contributed by atoms with Gasteiger partial charge in [-0.25, -0.2) is 0 Å². The number of thioether (sulfide) groups is 1. The summed E-state index contributed by atoms with van der Waals surface area (Å²) in [6.07, 6.45) is 2.14. The van der Waals surface area contributed by atoms with Crippen molar-refractivity contribution >= 4 is 17.7 Å². The number of aliphatic imine (C=N–C) groups is 1. The van der Waals surface area contributed by atoms with Gasteiger partial charge in [0.15, 0.2) is 5.96 Å². The van der Waals surface area contributed by atoms with E-state index in [9.17, 15) is 0 Å². The van der Waals surface area contributed by atoms with Gasteiger partial charge in [-0.05, 0) is 41.1 Å². The number of hydrogen-bond acceptors (Lipinski definition) is 4. The fraction of sp³-hybridized carbons (Fsp3) is 0.933. The number of piperazine rings is 1. The molecule has 0 aromatic heterocycles. The summed E-state index contributed by atoms with van der Waals surface area (Å²) in [5.41, 5.74) is 0. The van der Waals surface area contributed by atoms with Crippen LogP contribution in [-0.2, 0) is 0 Å². The van der Waals surface area contributed by atoms with Gasteiger partial charge in [-0.2, -0.15) is 11.8 Å². The maximum atomic E-state index is 4.73. The van der Waals surface area contributed by atoms with Crippen molar-refractivity contribution in [2.24, 2.45) is 4.99 Å². The minimum Gasteiger partial charge on any atom is -0.357 e. The van der Waals surface area contributed by atoms with E-state index in [-0.39, 0.29) is 4.75 Å². The molecule has 0 bridgehead atoms. The molecule has 1 aliphatic rings. The summed E-state index contributed by atoms with van der Waals surface area (Å²) in [5.74, 6) is 0.932. The minimum atomic E-state index is 0.185. The average molecular weight is 316 g/mol. The molecular formula is C15H33N5S. The van der Waals surface area contributed by atoms with E-state index >= 15 is 0 Å². The Morgan fingerprint density at radius 2 is 2.00 bits per heavy atom. The third-order valence-corrected chi connectivity index (χ3v) is 5.23. The Morgan fingerprint density at radius 3 is 2.62 bits per heavy atom. The van der Waals surface area contributed by atoms with Crippen LogP contribution in [0.25, 0.3) is 0 Å². The molecule has 0 aliphatic carbocycles. The topological polar surface area (TPSA) is 42.9 Å². The van der Waals surface area contributed by atoms with Crippen LogP contribution >= 0.6 is 11.8 Å². The predicted molar refractivity (Wildman–Crippen MR) is 95.5 cm³/mol. The summed E-state index contributed by atoms with van der Waals surface area (Å²) in [7, 11) is 4.40. The van der Waals surface area contributed by atoms with Crippen LogP contribution in [0.3, 0.4) is 0 Å². The van der Waals surface area contributed by atoms with Crippen molar-refractivity contribution in [2.75, 3.05) is 59.6 Å². The highest BCUT2D eigenvalue weighted by Crippen LogP contribution is 2.20. The molecule has 0 radical (unpaired) electrons. The molecule has 1 unspecified atom stereocenters. The Hall–Kier alpha value is -0.460. The summed E-state index contributed by atoms with van der Waals surface area (Å²) in [6, 6.07) is 0.543. The first-order valence-electron chi connectivity index (χ1n) is 7.84. The van der Waals surface area contributed by atoms with Gasteiger partial charge in [-0.15, -0.1) is 0 Å².